The number of carbonyl (C=O) groups excluding carboxylic acids is 1. The van der Waals surface area contributed by atoms with E-state index < -0.39 is 60.2 Å². The number of rotatable bonds is 10. The molecule has 0 spiro atoms. The summed E-state index contributed by atoms with van der Waals surface area (Å²) in [5.41, 5.74) is 0. The second-order valence-corrected chi connectivity index (χ2v) is 7.59. The van der Waals surface area contributed by atoms with Gasteiger partial charge in [0.1, 0.15) is 0 Å². The normalized spacial score (nSPS) is 16.1. The van der Waals surface area contributed by atoms with Crippen LogP contribution in [0.4, 0.5) is 57.1 Å². The lowest BCUT2D eigenvalue weighted by atomic mass is 9.88. The quantitative estimate of drug-likeness (QED) is 0.255. The average molecular weight is 490 g/mol. The van der Waals surface area contributed by atoms with Crippen LogP contribution in [0.15, 0.2) is 0 Å². The van der Waals surface area contributed by atoms with E-state index in [-0.39, 0.29) is 12.3 Å². The molecule has 0 aliphatic rings. The number of alkyl halides is 13. The third-order valence-corrected chi connectivity index (χ3v) is 4.23. The Hall–Kier alpha value is -1.44. The summed E-state index contributed by atoms with van der Waals surface area (Å²) in [6.45, 7) is 2.93. The van der Waals surface area contributed by atoms with Gasteiger partial charge in [-0.15, -0.1) is 0 Å². The fraction of sp³-hybridized carbons (Fsp3) is 0.938. The highest BCUT2D eigenvalue weighted by molar-refractivity contribution is 5.72. The van der Waals surface area contributed by atoms with Crippen molar-refractivity contribution in [1.82, 2.24) is 0 Å². The van der Waals surface area contributed by atoms with Crippen LogP contribution in [-0.2, 0) is 9.53 Å². The summed E-state index contributed by atoms with van der Waals surface area (Å²) in [5, 5.41) is 0. The van der Waals surface area contributed by atoms with Crippen molar-refractivity contribution in [3.8, 4) is 0 Å². The van der Waals surface area contributed by atoms with Crippen LogP contribution < -0.4 is 0 Å². The van der Waals surface area contributed by atoms with E-state index in [1.807, 2.05) is 0 Å². The lowest BCUT2D eigenvalue weighted by Crippen LogP contribution is -2.70. The molecule has 1 unspecified atom stereocenters. The smallest absolute Gasteiger partial charge is 0.459 e. The van der Waals surface area contributed by atoms with Crippen molar-refractivity contribution >= 4 is 5.97 Å². The highest BCUT2D eigenvalue weighted by Gasteiger charge is 2.90. The highest BCUT2D eigenvalue weighted by atomic mass is 19.4. The molecule has 0 aliphatic carbocycles. The lowest BCUT2D eigenvalue weighted by Gasteiger charge is -2.39. The highest BCUT2D eigenvalue weighted by Crippen LogP contribution is 2.60. The SMILES string of the molecule is CC(C)CC(C(=O)OCC(F)(F)C(F)(F)C(F)(F)C(F)(F)C(F)(F)C(F)(F)F)C(C)C. The molecule has 0 aliphatic heterocycles. The van der Waals surface area contributed by atoms with Gasteiger partial charge in [0.25, 0.3) is 0 Å². The van der Waals surface area contributed by atoms with Crippen LogP contribution in [0.2, 0.25) is 0 Å². The first-order chi connectivity index (χ1) is 13.4. The maximum atomic E-state index is 13.6. The summed E-state index contributed by atoms with van der Waals surface area (Å²) in [4.78, 5) is 11.8. The van der Waals surface area contributed by atoms with Gasteiger partial charge in [-0.25, -0.2) is 0 Å². The number of esters is 1. The third-order valence-electron chi connectivity index (χ3n) is 4.23. The molecule has 0 heterocycles. The fourth-order valence-corrected chi connectivity index (χ4v) is 2.31. The first-order valence-electron chi connectivity index (χ1n) is 8.51. The van der Waals surface area contributed by atoms with Crippen molar-refractivity contribution in [3.63, 3.8) is 0 Å². The minimum atomic E-state index is -7.98. The van der Waals surface area contributed by atoms with Crippen molar-refractivity contribution < 1.29 is 66.6 Å². The van der Waals surface area contributed by atoms with Gasteiger partial charge in [-0.1, -0.05) is 27.7 Å². The third kappa shape index (κ3) is 5.32. The molecule has 31 heavy (non-hydrogen) atoms. The van der Waals surface area contributed by atoms with E-state index in [0.29, 0.717) is 0 Å². The summed E-state index contributed by atoms with van der Waals surface area (Å²) in [6.07, 6.45) is -7.51. The van der Waals surface area contributed by atoms with E-state index in [1.165, 1.54) is 13.8 Å². The Bertz CT molecular complexity index is 623. The number of carbonyl (C=O) groups is 1. The Morgan fingerprint density at radius 2 is 1.06 bits per heavy atom. The van der Waals surface area contributed by atoms with Gasteiger partial charge in [-0.3, -0.25) is 4.79 Å². The zero-order valence-electron chi connectivity index (χ0n) is 16.4. The topological polar surface area (TPSA) is 26.3 Å². The second kappa shape index (κ2) is 8.83. The first kappa shape index (κ1) is 29.6. The maximum absolute atomic E-state index is 13.6. The standard InChI is InChI=1S/C16H19F13O2/c1-7(2)5-9(8(3)4)10(30)31-6-11(17,18)12(19,20)13(21,22)14(23,24)15(25,26)16(27,28)29/h7-9H,5-6H2,1-4H3. The molecule has 186 valence electrons. The molecular weight excluding hydrogens is 471 g/mol. The molecule has 0 aromatic heterocycles. The first-order valence-corrected chi connectivity index (χ1v) is 8.51. The van der Waals surface area contributed by atoms with Gasteiger partial charge in [-0.2, -0.15) is 57.1 Å². The van der Waals surface area contributed by atoms with E-state index in [0.717, 1.165) is 0 Å². The number of ether oxygens (including phenoxy) is 1. The number of halogens is 13. The molecule has 0 aromatic rings. The summed E-state index contributed by atoms with van der Waals surface area (Å²) >= 11 is 0. The minimum Gasteiger partial charge on any atom is -0.459 e. The van der Waals surface area contributed by atoms with Crippen LogP contribution >= 0.6 is 0 Å². The van der Waals surface area contributed by atoms with Crippen LogP contribution in [0.25, 0.3) is 0 Å². The molecule has 1 atom stereocenters. The minimum absolute atomic E-state index is 0.0372. The molecule has 15 heteroatoms. The molecule has 0 rings (SSSR count). The lowest BCUT2D eigenvalue weighted by molar-refractivity contribution is -0.441. The van der Waals surface area contributed by atoms with E-state index >= 15 is 0 Å². The predicted molar refractivity (Wildman–Crippen MR) is 79.5 cm³/mol. The van der Waals surface area contributed by atoms with E-state index in [2.05, 4.69) is 4.74 Å². The summed E-state index contributed by atoms with van der Waals surface area (Å²) in [6, 6.07) is 0. The molecule has 2 nitrogen and oxygen atoms in total. The molecule has 0 N–H and O–H groups in total. The largest absolute Gasteiger partial charge is 0.460 e. The summed E-state index contributed by atoms with van der Waals surface area (Å²) < 4.78 is 173. The van der Waals surface area contributed by atoms with Crippen molar-refractivity contribution in [3.05, 3.63) is 0 Å². The van der Waals surface area contributed by atoms with Gasteiger partial charge in [0.15, 0.2) is 6.61 Å². The van der Waals surface area contributed by atoms with Crippen molar-refractivity contribution in [2.45, 2.75) is 69.9 Å². The van der Waals surface area contributed by atoms with Crippen LogP contribution in [0.1, 0.15) is 34.1 Å². The average Bonchev–Trinajstić information content (AvgIpc) is 2.55. The second-order valence-electron chi connectivity index (χ2n) is 7.59. The molecule has 0 saturated heterocycles. The number of hydrogen-bond acceptors (Lipinski definition) is 2. The van der Waals surface area contributed by atoms with Gasteiger partial charge in [0, 0.05) is 0 Å². The fourth-order valence-electron chi connectivity index (χ4n) is 2.31. The van der Waals surface area contributed by atoms with Crippen LogP contribution in [0.3, 0.4) is 0 Å². The Kier molecular flexibility index (Phi) is 8.42. The van der Waals surface area contributed by atoms with E-state index in [1.54, 1.807) is 13.8 Å². The Morgan fingerprint density at radius 1 is 0.677 bits per heavy atom. The molecule has 0 amide bonds. The van der Waals surface area contributed by atoms with Gasteiger partial charge in [0.05, 0.1) is 5.92 Å². The van der Waals surface area contributed by atoms with Crippen LogP contribution in [0, 0.1) is 17.8 Å². The van der Waals surface area contributed by atoms with Gasteiger partial charge in [-0.05, 0) is 18.3 Å². The van der Waals surface area contributed by atoms with Gasteiger partial charge >= 0.3 is 41.8 Å². The Labute approximate surface area is 168 Å². The van der Waals surface area contributed by atoms with Crippen molar-refractivity contribution in [1.29, 1.82) is 0 Å². The molecular formula is C16H19F13O2. The van der Waals surface area contributed by atoms with Crippen LogP contribution in [0.5, 0.6) is 0 Å². The van der Waals surface area contributed by atoms with Crippen LogP contribution in [-0.4, -0.2) is 48.4 Å². The van der Waals surface area contributed by atoms with Gasteiger partial charge in [0.2, 0.25) is 0 Å². The van der Waals surface area contributed by atoms with E-state index in [9.17, 15) is 61.9 Å². The molecule has 0 radical (unpaired) electrons. The summed E-state index contributed by atoms with van der Waals surface area (Å²) in [7, 11) is 0. The zero-order chi connectivity index (χ0) is 25.4. The number of hydrogen-bond donors (Lipinski definition) is 0. The zero-order valence-corrected chi connectivity index (χ0v) is 16.4. The predicted octanol–water partition coefficient (Wildman–Crippen LogP) is 6.59. The summed E-state index contributed by atoms with van der Waals surface area (Å²) in [5.74, 6) is -41.3. The van der Waals surface area contributed by atoms with Crippen molar-refractivity contribution in [2.75, 3.05) is 6.61 Å². The molecule has 0 bridgehead atoms. The molecule has 0 saturated carbocycles. The Balaban J connectivity index is 5.90. The van der Waals surface area contributed by atoms with Gasteiger partial charge < -0.3 is 4.74 Å². The van der Waals surface area contributed by atoms with E-state index in [4.69, 9.17) is 0 Å². The molecule has 0 aromatic carbocycles. The van der Waals surface area contributed by atoms with Crippen molar-refractivity contribution in [2.24, 2.45) is 17.8 Å². The Morgan fingerprint density at radius 3 is 1.39 bits per heavy atom. The molecule has 0 fully saturated rings. The monoisotopic (exact) mass is 490 g/mol. The maximum Gasteiger partial charge on any atom is 0.460 e.